The summed E-state index contributed by atoms with van der Waals surface area (Å²) in [5.41, 5.74) is 1.93. The number of unbranched alkanes of at least 4 members (excludes halogenated alkanes) is 9. The number of aryl methyl sites for hydroxylation is 1. The number of phenols is 1. The summed E-state index contributed by atoms with van der Waals surface area (Å²) in [7, 11) is 0. The molecule has 1 aromatic carbocycles. The van der Waals surface area contributed by atoms with Gasteiger partial charge >= 0.3 is 0 Å². The molecule has 0 fully saturated rings. The smallest absolute Gasteiger partial charge is 0.122 e. The molecule has 1 aromatic rings. The average molecular weight is 323 g/mol. The van der Waals surface area contributed by atoms with E-state index in [0.717, 1.165) is 17.5 Å². The normalized spacial score (nSPS) is 12.5. The molecule has 0 heterocycles. The summed E-state index contributed by atoms with van der Waals surface area (Å²) in [6.45, 7) is 4.21. The van der Waals surface area contributed by atoms with E-state index in [2.05, 4.69) is 19.6 Å². The second kappa shape index (κ2) is 11.9. The van der Waals surface area contributed by atoms with Crippen molar-refractivity contribution in [3.05, 3.63) is 29.3 Å². The summed E-state index contributed by atoms with van der Waals surface area (Å²) >= 11 is 4.67. The largest absolute Gasteiger partial charge is 0.507 e. The summed E-state index contributed by atoms with van der Waals surface area (Å²) < 4.78 is 0. The van der Waals surface area contributed by atoms with Gasteiger partial charge in [0.2, 0.25) is 0 Å². The summed E-state index contributed by atoms with van der Waals surface area (Å²) in [4.78, 5) is 0. The molecule has 1 atom stereocenters. The highest BCUT2D eigenvalue weighted by atomic mass is 32.1. The quantitative estimate of drug-likeness (QED) is 0.314. The zero-order valence-corrected chi connectivity index (χ0v) is 15.4. The van der Waals surface area contributed by atoms with E-state index in [1.807, 2.05) is 25.1 Å². The van der Waals surface area contributed by atoms with Gasteiger partial charge in [0.05, 0.1) is 0 Å². The number of hydrogen-bond donors (Lipinski definition) is 2. The Morgan fingerprint density at radius 1 is 0.909 bits per heavy atom. The molecule has 126 valence electrons. The number of rotatable bonds is 12. The molecule has 1 nitrogen and oxygen atoms in total. The van der Waals surface area contributed by atoms with Gasteiger partial charge in [0, 0.05) is 10.8 Å². The number of aromatic hydroxyl groups is 1. The third-order valence-corrected chi connectivity index (χ3v) is 5.00. The minimum atomic E-state index is 0.161. The van der Waals surface area contributed by atoms with Crippen molar-refractivity contribution in [3.8, 4) is 5.75 Å². The van der Waals surface area contributed by atoms with Crippen LogP contribution in [0.25, 0.3) is 0 Å². The molecule has 1 rings (SSSR count). The van der Waals surface area contributed by atoms with Gasteiger partial charge < -0.3 is 5.11 Å². The SMILES string of the molecule is CCCCCCCCCCCCC(S)c1cccc(C)c1O. The molecule has 2 heteroatoms. The Kier molecular flexibility index (Phi) is 10.5. The Morgan fingerprint density at radius 3 is 2.05 bits per heavy atom. The van der Waals surface area contributed by atoms with E-state index in [-0.39, 0.29) is 5.25 Å². The molecule has 0 radical (unpaired) electrons. The van der Waals surface area contributed by atoms with Crippen molar-refractivity contribution < 1.29 is 5.11 Å². The Morgan fingerprint density at radius 2 is 1.45 bits per heavy atom. The van der Waals surface area contributed by atoms with Crippen LogP contribution in [0.15, 0.2) is 18.2 Å². The van der Waals surface area contributed by atoms with Crippen LogP contribution in [0.3, 0.4) is 0 Å². The second-order valence-electron chi connectivity index (χ2n) is 6.50. The first kappa shape index (κ1) is 19.4. The molecular formula is C20H34OS. The van der Waals surface area contributed by atoms with Crippen LogP contribution in [0.4, 0.5) is 0 Å². The molecule has 0 spiro atoms. The fraction of sp³-hybridized carbons (Fsp3) is 0.700. The van der Waals surface area contributed by atoms with Crippen LogP contribution in [0.5, 0.6) is 5.75 Å². The molecule has 22 heavy (non-hydrogen) atoms. The van der Waals surface area contributed by atoms with Gasteiger partial charge in [0.25, 0.3) is 0 Å². The van der Waals surface area contributed by atoms with Crippen LogP contribution in [0, 0.1) is 6.92 Å². The van der Waals surface area contributed by atoms with Crippen molar-refractivity contribution in [3.63, 3.8) is 0 Å². The van der Waals surface area contributed by atoms with E-state index in [4.69, 9.17) is 0 Å². The fourth-order valence-corrected chi connectivity index (χ4v) is 3.32. The molecule has 0 saturated carbocycles. The van der Waals surface area contributed by atoms with E-state index in [1.54, 1.807) is 0 Å². The minimum absolute atomic E-state index is 0.161. The lowest BCUT2D eigenvalue weighted by Gasteiger charge is -2.14. The van der Waals surface area contributed by atoms with Crippen molar-refractivity contribution in [2.75, 3.05) is 0 Å². The topological polar surface area (TPSA) is 20.2 Å². The monoisotopic (exact) mass is 322 g/mol. The summed E-state index contributed by atoms with van der Waals surface area (Å²) in [5.74, 6) is 0.426. The number of thiol groups is 1. The number of phenolic OH excluding ortho intramolecular Hbond substituents is 1. The van der Waals surface area contributed by atoms with Crippen molar-refractivity contribution >= 4 is 12.6 Å². The molecule has 1 unspecified atom stereocenters. The van der Waals surface area contributed by atoms with Crippen molar-refractivity contribution in [1.82, 2.24) is 0 Å². The van der Waals surface area contributed by atoms with Crippen LogP contribution >= 0.6 is 12.6 Å². The highest BCUT2D eigenvalue weighted by Gasteiger charge is 2.12. The Balaban J connectivity index is 2.06. The predicted octanol–water partition coefficient (Wildman–Crippen LogP) is 6.98. The van der Waals surface area contributed by atoms with Crippen molar-refractivity contribution in [1.29, 1.82) is 0 Å². The van der Waals surface area contributed by atoms with Crippen molar-refractivity contribution in [2.24, 2.45) is 0 Å². The number of hydrogen-bond acceptors (Lipinski definition) is 2. The molecule has 0 aliphatic heterocycles. The number of benzene rings is 1. The van der Waals surface area contributed by atoms with Crippen LogP contribution in [-0.2, 0) is 0 Å². The Labute approximate surface area is 142 Å². The fourth-order valence-electron chi connectivity index (χ4n) is 2.93. The van der Waals surface area contributed by atoms with E-state index in [9.17, 15) is 5.11 Å². The minimum Gasteiger partial charge on any atom is -0.507 e. The number of para-hydroxylation sites is 1. The van der Waals surface area contributed by atoms with Crippen LogP contribution in [0.1, 0.15) is 93.9 Å². The zero-order valence-electron chi connectivity index (χ0n) is 14.5. The second-order valence-corrected chi connectivity index (χ2v) is 7.12. The first-order valence-corrected chi connectivity index (χ1v) is 9.65. The standard InChI is InChI=1S/C20H34OS/c1-3-4-5-6-7-8-9-10-11-12-16-19(22)18-15-13-14-17(2)20(18)21/h13-15,19,21-22H,3-12,16H2,1-2H3. The first-order chi connectivity index (χ1) is 10.7. The third kappa shape index (κ3) is 7.58. The van der Waals surface area contributed by atoms with Gasteiger partial charge in [-0.1, -0.05) is 89.3 Å². The Hall–Kier alpha value is -0.630. The summed E-state index contributed by atoms with van der Waals surface area (Å²) in [6.07, 6.45) is 14.6. The van der Waals surface area contributed by atoms with Gasteiger partial charge in [-0.3, -0.25) is 0 Å². The lowest BCUT2D eigenvalue weighted by atomic mass is 10.0. The van der Waals surface area contributed by atoms with Gasteiger partial charge in [0.15, 0.2) is 0 Å². The maximum Gasteiger partial charge on any atom is 0.122 e. The average Bonchev–Trinajstić information content (AvgIpc) is 2.51. The van der Waals surface area contributed by atoms with Gasteiger partial charge in [0.1, 0.15) is 5.75 Å². The Bertz CT molecular complexity index is 403. The molecule has 1 N–H and O–H groups in total. The molecule has 0 aliphatic carbocycles. The van der Waals surface area contributed by atoms with Crippen molar-refractivity contribution in [2.45, 2.75) is 89.7 Å². The highest BCUT2D eigenvalue weighted by Crippen LogP contribution is 2.34. The van der Waals surface area contributed by atoms with Gasteiger partial charge in [-0.25, -0.2) is 0 Å². The van der Waals surface area contributed by atoms with Crippen LogP contribution < -0.4 is 0 Å². The lowest BCUT2D eigenvalue weighted by Crippen LogP contribution is -1.93. The predicted molar refractivity (Wildman–Crippen MR) is 101 cm³/mol. The van der Waals surface area contributed by atoms with Crippen LogP contribution in [-0.4, -0.2) is 5.11 Å². The van der Waals surface area contributed by atoms with E-state index < -0.39 is 0 Å². The van der Waals surface area contributed by atoms with E-state index in [1.165, 1.54) is 64.2 Å². The molecule has 0 saturated heterocycles. The molecule has 0 bridgehead atoms. The molecule has 0 aliphatic rings. The molecule has 0 aromatic heterocycles. The zero-order chi connectivity index (χ0) is 16.2. The third-order valence-electron chi connectivity index (χ3n) is 4.46. The summed E-state index contributed by atoms with van der Waals surface area (Å²) in [6, 6.07) is 5.95. The lowest BCUT2D eigenvalue weighted by molar-refractivity contribution is 0.461. The summed E-state index contributed by atoms with van der Waals surface area (Å²) in [5, 5.41) is 10.2. The maximum absolute atomic E-state index is 10.1. The van der Waals surface area contributed by atoms with Gasteiger partial charge in [-0.15, -0.1) is 0 Å². The van der Waals surface area contributed by atoms with Crippen LogP contribution in [0.2, 0.25) is 0 Å². The maximum atomic E-state index is 10.1. The first-order valence-electron chi connectivity index (χ1n) is 9.13. The van der Waals surface area contributed by atoms with Gasteiger partial charge in [-0.2, -0.15) is 12.6 Å². The van der Waals surface area contributed by atoms with E-state index >= 15 is 0 Å². The van der Waals surface area contributed by atoms with Gasteiger partial charge in [-0.05, 0) is 18.9 Å². The highest BCUT2D eigenvalue weighted by molar-refractivity contribution is 7.80. The molecular weight excluding hydrogens is 288 g/mol. The molecule has 0 amide bonds. The van der Waals surface area contributed by atoms with E-state index in [0.29, 0.717) is 5.75 Å².